The van der Waals surface area contributed by atoms with Gasteiger partial charge in [0.25, 0.3) is 5.91 Å². The Kier molecular flexibility index (Phi) is 4.18. The average Bonchev–Trinajstić information content (AvgIpc) is 3.10. The lowest BCUT2D eigenvalue weighted by Gasteiger charge is -2.17. The first kappa shape index (κ1) is 15.8. The number of amides is 1. The van der Waals surface area contributed by atoms with Gasteiger partial charge < -0.3 is 4.90 Å². The fourth-order valence-electron chi connectivity index (χ4n) is 3.63. The third-order valence-corrected chi connectivity index (χ3v) is 4.93. The number of carbonyl (C=O) groups is 1. The van der Waals surface area contributed by atoms with E-state index >= 15 is 0 Å². The maximum absolute atomic E-state index is 13.9. The summed E-state index contributed by atoms with van der Waals surface area (Å²) in [7, 11) is 0. The molecule has 0 N–H and O–H groups in total. The van der Waals surface area contributed by atoms with Gasteiger partial charge in [-0.05, 0) is 48.6 Å². The van der Waals surface area contributed by atoms with Gasteiger partial charge in [0.2, 0.25) is 0 Å². The van der Waals surface area contributed by atoms with Crippen molar-refractivity contribution in [1.82, 2.24) is 9.88 Å². The highest BCUT2D eigenvalue weighted by atomic mass is 19.1. The van der Waals surface area contributed by atoms with Crippen molar-refractivity contribution in [2.24, 2.45) is 5.92 Å². The van der Waals surface area contributed by atoms with Crippen molar-refractivity contribution in [3.05, 3.63) is 77.7 Å². The standard InChI is InChI=1S/C21H19FN2O/c22-19-7-3-1-6-18(19)21(25)24-12-10-15(14-24)13-16-9-11-23-20-8-4-2-5-17(16)20/h1-9,11,15H,10,12-14H2. The Hall–Kier alpha value is -2.75. The highest BCUT2D eigenvalue weighted by molar-refractivity contribution is 5.94. The normalized spacial score (nSPS) is 17.2. The number of nitrogens with zero attached hydrogens (tertiary/aromatic N) is 2. The summed E-state index contributed by atoms with van der Waals surface area (Å²) in [5.74, 6) is -0.266. The van der Waals surface area contributed by atoms with Crippen molar-refractivity contribution in [1.29, 1.82) is 0 Å². The van der Waals surface area contributed by atoms with E-state index < -0.39 is 5.82 Å². The molecule has 1 amide bonds. The Labute approximate surface area is 146 Å². The third-order valence-electron chi connectivity index (χ3n) is 4.93. The zero-order valence-electron chi connectivity index (χ0n) is 13.9. The number of para-hydroxylation sites is 1. The molecule has 0 saturated carbocycles. The largest absolute Gasteiger partial charge is 0.338 e. The molecule has 2 heterocycles. The molecule has 1 aromatic heterocycles. The molecule has 0 aliphatic carbocycles. The summed E-state index contributed by atoms with van der Waals surface area (Å²) in [4.78, 5) is 18.7. The van der Waals surface area contributed by atoms with Gasteiger partial charge in [-0.2, -0.15) is 0 Å². The van der Waals surface area contributed by atoms with Gasteiger partial charge >= 0.3 is 0 Å². The number of pyridine rings is 1. The van der Waals surface area contributed by atoms with Crippen molar-refractivity contribution in [3.8, 4) is 0 Å². The number of halogens is 1. The smallest absolute Gasteiger partial charge is 0.256 e. The number of benzene rings is 2. The van der Waals surface area contributed by atoms with Crippen molar-refractivity contribution >= 4 is 16.8 Å². The van der Waals surface area contributed by atoms with Gasteiger partial charge in [-0.25, -0.2) is 4.39 Å². The Morgan fingerprint density at radius 3 is 2.80 bits per heavy atom. The molecule has 126 valence electrons. The molecular weight excluding hydrogens is 315 g/mol. The second-order valence-electron chi connectivity index (χ2n) is 6.58. The maximum atomic E-state index is 13.9. The first-order valence-electron chi connectivity index (χ1n) is 8.59. The van der Waals surface area contributed by atoms with E-state index in [2.05, 4.69) is 17.1 Å². The molecule has 25 heavy (non-hydrogen) atoms. The summed E-state index contributed by atoms with van der Waals surface area (Å²) in [6.07, 6.45) is 3.69. The van der Waals surface area contributed by atoms with Crippen LogP contribution in [0.15, 0.2) is 60.8 Å². The molecule has 1 aliphatic heterocycles. The molecule has 2 aromatic carbocycles. The van der Waals surface area contributed by atoms with Crippen LogP contribution in [0.5, 0.6) is 0 Å². The van der Waals surface area contributed by atoms with Crippen LogP contribution in [0, 0.1) is 11.7 Å². The van der Waals surface area contributed by atoms with E-state index in [1.54, 1.807) is 23.1 Å². The fraction of sp³-hybridized carbons (Fsp3) is 0.238. The van der Waals surface area contributed by atoms with Gasteiger partial charge in [0.05, 0.1) is 11.1 Å². The van der Waals surface area contributed by atoms with E-state index in [-0.39, 0.29) is 11.5 Å². The third kappa shape index (κ3) is 3.12. The topological polar surface area (TPSA) is 33.2 Å². The average molecular weight is 334 g/mol. The molecule has 0 bridgehead atoms. The zero-order valence-corrected chi connectivity index (χ0v) is 13.9. The number of rotatable bonds is 3. The Morgan fingerprint density at radius 1 is 1.12 bits per heavy atom. The first-order valence-corrected chi connectivity index (χ1v) is 8.59. The zero-order chi connectivity index (χ0) is 17.2. The predicted molar refractivity (Wildman–Crippen MR) is 95.9 cm³/mol. The van der Waals surface area contributed by atoms with Crippen LogP contribution in [0.2, 0.25) is 0 Å². The summed E-state index contributed by atoms with van der Waals surface area (Å²) >= 11 is 0. The van der Waals surface area contributed by atoms with Gasteiger partial charge in [0.15, 0.2) is 0 Å². The van der Waals surface area contributed by atoms with E-state index in [1.165, 1.54) is 17.0 Å². The lowest BCUT2D eigenvalue weighted by atomic mass is 9.96. The first-order chi connectivity index (χ1) is 12.2. The molecule has 1 saturated heterocycles. The highest BCUT2D eigenvalue weighted by Gasteiger charge is 2.28. The number of hydrogen-bond donors (Lipinski definition) is 0. The molecule has 1 fully saturated rings. The van der Waals surface area contributed by atoms with Crippen LogP contribution in [0.1, 0.15) is 22.3 Å². The number of fused-ring (bicyclic) bond motifs is 1. The minimum atomic E-state index is -0.448. The maximum Gasteiger partial charge on any atom is 0.256 e. The predicted octanol–water partition coefficient (Wildman–Crippen LogP) is 4.08. The molecule has 1 unspecified atom stereocenters. The Morgan fingerprint density at radius 2 is 1.92 bits per heavy atom. The minimum Gasteiger partial charge on any atom is -0.338 e. The van der Waals surface area contributed by atoms with Crippen LogP contribution >= 0.6 is 0 Å². The highest BCUT2D eigenvalue weighted by Crippen LogP contribution is 2.26. The van der Waals surface area contributed by atoms with Gasteiger partial charge in [0, 0.05) is 24.7 Å². The summed E-state index contributed by atoms with van der Waals surface area (Å²) in [5.41, 5.74) is 2.42. The van der Waals surface area contributed by atoms with Crippen LogP contribution < -0.4 is 0 Å². The van der Waals surface area contributed by atoms with Crippen molar-refractivity contribution in [3.63, 3.8) is 0 Å². The number of aromatic nitrogens is 1. The van der Waals surface area contributed by atoms with E-state index in [0.29, 0.717) is 19.0 Å². The van der Waals surface area contributed by atoms with Crippen LogP contribution in [0.4, 0.5) is 4.39 Å². The summed E-state index contributed by atoms with van der Waals surface area (Å²) < 4.78 is 13.9. The van der Waals surface area contributed by atoms with Gasteiger partial charge in [-0.1, -0.05) is 30.3 Å². The van der Waals surface area contributed by atoms with E-state index in [1.807, 2.05) is 24.4 Å². The van der Waals surface area contributed by atoms with Crippen molar-refractivity contribution in [2.45, 2.75) is 12.8 Å². The quantitative estimate of drug-likeness (QED) is 0.723. The second kappa shape index (κ2) is 6.63. The summed E-state index contributed by atoms with van der Waals surface area (Å²) in [6, 6.07) is 16.4. The molecule has 0 radical (unpaired) electrons. The van der Waals surface area contributed by atoms with Crippen LogP contribution in [-0.2, 0) is 6.42 Å². The van der Waals surface area contributed by atoms with Gasteiger partial charge in [-0.15, -0.1) is 0 Å². The summed E-state index contributed by atoms with van der Waals surface area (Å²) in [5, 5.41) is 1.17. The fourth-order valence-corrected chi connectivity index (χ4v) is 3.63. The van der Waals surface area contributed by atoms with Crippen LogP contribution in [0.25, 0.3) is 10.9 Å². The van der Waals surface area contributed by atoms with Gasteiger partial charge in [0.1, 0.15) is 5.82 Å². The van der Waals surface area contributed by atoms with E-state index in [9.17, 15) is 9.18 Å². The molecule has 4 heteroatoms. The van der Waals surface area contributed by atoms with Crippen molar-refractivity contribution < 1.29 is 9.18 Å². The van der Waals surface area contributed by atoms with Gasteiger partial charge in [-0.3, -0.25) is 9.78 Å². The molecule has 4 rings (SSSR count). The lowest BCUT2D eigenvalue weighted by molar-refractivity contribution is 0.0782. The van der Waals surface area contributed by atoms with E-state index in [0.717, 1.165) is 18.4 Å². The van der Waals surface area contributed by atoms with Crippen LogP contribution in [-0.4, -0.2) is 28.9 Å². The monoisotopic (exact) mass is 334 g/mol. The van der Waals surface area contributed by atoms with E-state index in [4.69, 9.17) is 0 Å². The second-order valence-corrected chi connectivity index (χ2v) is 6.58. The van der Waals surface area contributed by atoms with Crippen molar-refractivity contribution in [2.75, 3.05) is 13.1 Å². The molecule has 1 atom stereocenters. The molecular formula is C21H19FN2O. The molecule has 3 nitrogen and oxygen atoms in total. The Bertz CT molecular complexity index is 919. The molecule has 3 aromatic rings. The number of likely N-dealkylation sites (tertiary alicyclic amines) is 1. The molecule has 1 aliphatic rings. The summed E-state index contributed by atoms with van der Waals surface area (Å²) in [6.45, 7) is 1.35. The SMILES string of the molecule is O=C(c1ccccc1F)N1CCC(Cc2ccnc3ccccc23)C1. The van der Waals surface area contributed by atoms with Crippen LogP contribution in [0.3, 0.4) is 0 Å². The lowest BCUT2D eigenvalue weighted by Crippen LogP contribution is -2.29. The molecule has 0 spiro atoms. The number of carbonyl (C=O) groups excluding carboxylic acids is 1. The number of hydrogen-bond acceptors (Lipinski definition) is 2. The minimum absolute atomic E-state index is 0.164. The Balaban J connectivity index is 1.49.